The molecule has 3 aromatic carbocycles. The first kappa shape index (κ1) is 24.4. The molecule has 0 bridgehead atoms. The normalized spacial score (nSPS) is 19.7. The summed E-state index contributed by atoms with van der Waals surface area (Å²) in [6.45, 7) is 4.28. The standard InChI is InChI=1S/C29H32FN3O3/c30-24-12-10-22(11-13-24)27(32-15-17-36-18-16-32)19-31-28(34)23-7-4-14-33(20-23)29(35)26-9-3-6-21-5-1-2-8-25(21)26/h1-3,5-6,8-13,23,27H,4,7,14-20H2,(H,31,34). The average Bonchev–Trinajstić information content (AvgIpc) is 2.94. The largest absolute Gasteiger partial charge is 0.379 e. The van der Waals surface area contributed by atoms with Crippen LogP contribution in [0.25, 0.3) is 10.8 Å². The van der Waals surface area contributed by atoms with Crippen LogP contribution in [0.2, 0.25) is 0 Å². The summed E-state index contributed by atoms with van der Waals surface area (Å²) in [5, 5.41) is 5.11. The van der Waals surface area contributed by atoms with E-state index < -0.39 is 0 Å². The van der Waals surface area contributed by atoms with Crippen LogP contribution in [0.4, 0.5) is 4.39 Å². The molecular weight excluding hydrogens is 457 g/mol. The third-order valence-corrected chi connectivity index (χ3v) is 7.31. The van der Waals surface area contributed by atoms with Crippen LogP contribution in [0, 0.1) is 11.7 Å². The number of ether oxygens (including phenoxy) is 1. The molecule has 188 valence electrons. The van der Waals surface area contributed by atoms with Crippen molar-refractivity contribution in [3.63, 3.8) is 0 Å². The maximum atomic E-state index is 13.5. The molecule has 2 fully saturated rings. The van der Waals surface area contributed by atoms with Gasteiger partial charge < -0.3 is 15.0 Å². The lowest BCUT2D eigenvalue weighted by Crippen LogP contribution is -2.48. The molecule has 0 saturated carbocycles. The van der Waals surface area contributed by atoms with Crippen LogP contribution in [-0.4, -0.2) is 67.6 Å². The first-order valence-electron chi connectivity index (χ1n) is 12.7. The Morgan fingerprint density at radius 3 is 2.53 bits per heavy atom. The number of carbonyl (C=O) groups is 2. The number of rotatable bonds is 6. The molecule has 2 amide bonds. The fraction of sp³-hybridized carbons (Fsp3) is 0.379. The van der Waals surface area contributed by atoms with E-state index in [0.29, 0.717) is 38.4 Å². The van der Waals surface area contributed by atoms with E-state index in [2.05, 4.69) is 10.2 Å². The van der Waals surface area contributed by atoms with E-state index >= 15 is 0 Å². The van der Waals surface area contributed by atoms with Crippen molar-refractivity contribution in [2.24, 2.45) is 5.92 Å². The molecule has 0 radical (unpaired) electrons. The summed E-state index contributed by atoms with van der Waals surface area (Å²) in [6.07, 6.45) is 1.55. The lowest BCUT2D eigenvalue weighted by atomic mass is 9.95. The maximum absolute atomic E-state index is 13.5. The van der Waals surface area contributed by atoms with Gasteiger partial charge >= 0.3 is 0 Å². The SMILES string of the molecule is O=C(NCC(c1ccc(F)cc1)N1CCOCC1)C1CCCN(C(=O)c2cccc3ccccc23)C1. The van der Waals surface area contributed by atoms with Gasteiger partial charge in [0.1, 0.15) is 5.82 Å². The van der Waals surface area contributed by atoms with Gasteiger partial charge in [-0.15, -0.1) is 0 Å². The van der Waals surface area contributed by atoms with Gasteiger partial charge in [-0.3, -0.25) is 14.5 Å². The number of carbonyl (C=O) groups excluding carboxylic acids is 2. The zero-order valence-corrected chi connectivity index (χ0v) is 20.4. The lowest BCUT2D eigenvalue weighted by molar-refractivity contribution is -0.126. The molecule has 3 aromatic rings. The van der Waals surface area contributed by atoms with E-state index in [-0.39, 0.29) is 29.6 Å². The third kappa shape index (κ3) is 5.42. The van der Waals surface area contributed by atoms with Gasteiger partial charge in [0.2, 0.25) is 5.91 Å². The van der Waals surface area contributed by atoms with Crippen LogP contribution < -0.4 is 5.32 Å². The van der Waals surface area contributed by atoms with Crippen LogP contribution in [0.3, 0.4) is 0 Å². The molecule has 2 atom stereocenters. The van der Waals surface area contributed by atoms with Crippen LogP contribution in [0.5, 0.6) is 0 Å². The van der Waals surface area contributed by atoms with Gasteiger partial charge in [0.05, 0.1) is 25.2 Å². The highest BCUT2D eigenvalue weighted by atomic mass is 19.1. The number of halogens is 1. The number of morpholine rings is 1. The Hall–Kier alpha value is -3.29. The summed E-state index contributed by atoms with van der Waals surface area (Å²) < 4.78 is 19.0. The second-order valence-electron chi connectivity index (χ2n) is 9.58. The number of piperidine rings is 1. The molecule has 2 aliphatic rings. The minimum atomic E-state index is -0.276. The second kappa shape index (κ2) is 11.2. The number of nitrogens with one attached hydrogen (secondary N) is 1. The van der Waals surface area contributed by atoms with Gasteiger partial charge in [-0.25, -0.2) is 4.39 Å². The number of nitrogens with zero attached hydrogens (tertiary/aromatic N) is 2. The lowest BCUT2D eigenvalue weighted by Gasteiger charge is -2.36. The molecule has 5 rings (SSSR count). The summed E-state index contributed by atoms with van der Waals surface area (Å²) in [7, 11) is 0. The molecule has 2 heterocycles. The van der Waals surface area contributed by atoms with E-state index in [1.807, 2.05) is 47.4 Å². The zero-order chi connectivity index (χ0) is 24.9. The fourth-order valence-corrected chi connectivity index (χ4v) is 5.33. The maximum Gasteiger partial charge on any atom is 0.254 e. The molecule has 1 N–H and O–H groups in total. The van der Waals surface area contributed by atoms with Gasteiger partial charge in [0.15, 0.2) is 0 Å². The van der Waals surface area contributed by atoms with Crippen molar-refractivity contribution in [2.75, 3.05) is 45.9 Å². The van der Waals surface area contributed by atoms with E-state index in [1.54, 1.807) is 12.1 Å². The molecule has 6 nitrogen and oxygen atoms in total. The van der Waals surface area contributed by atoms with Crippen LogP contribution in [0.1, 0.15) is 34.8 Å². The first-order valence-corrected chi connectivity index (χ1v) is 12.7. The molecule has 2 saturated heterocycles. The highest BCUT2D eigenvalue weighted by Gasteiger charge is 2.31. The minimum absolute atomic E-state index is 0.0261. The molecule has 0 spiro atoms. The van der Waals surface area contributed by atoms with Crippen molar-refractivity contribution in [3.05, 3.63) is 83.7 Å². The third-order valence-electron chi connectivity index (χ3n) is 7.31. The Balaban J connectivity index is 1.25. The van der Waals surface area contributed by atoms with Crippen molar-refractivity contribution < 1.29 is 18.7 Å². The van der Waals surface area contributed by atoms with Crippen LogP contribution >= 0.6 is 0 Å². The number of hydrogen-bond donors (Lipinski definition) is 1. The molecule has 0 aliphatic carbocycles. The van der Waals surface area contributed by atoms with E-state index in [4.69, 9.17) is 4.74 Å². The molecule has 2 unspecified atom stereocenters. The summed E-state index contributed by atoms with van der Waals surface area (Å²) in [5.41, 5.74) is 1.65. The van der Waals surface area contributed by atoms with Crippen molar-refractivity contribution in [3.8, 4) is 0 Å². The quantitative estimate of drug-likeness (QED) is 0.568. The Labute approximate surface area is 211 Å². The van der Waals surface area contributed by atoms with Gasteiger partial charge in [-0.1, -0.05) is 48.5 Å². The molecule has 0 aromatic heterocycles. The van der Waals surface area contributed by atoms with Crippen LogP contribution in [-0.2, 0) is 9.53 Å². The first-order chi connectivity index (χ1) is 17.6. The van der Waals surface area contributed by atoms with Crippen molar-refractivity contribution in [1.82, 2.24) is 15.1 Å². The Bertz CT molecular complexity index is 1200. The van der Waals surface area contributed by atoms with Gasteiger partial charge in [-0.2, -0.15) is 0 Å². The van der Waals surface area contributed by atoms with Gasteiger partial charge in [-0.05, 0) is 47.4 Å². The molecular formula is C29H32FN3O3. The number of likely N-dealkylation sites (tertiary alicyclic amines) is 1. The molecule has 7 heteroatoms. The summed E-state index contributed by atoms with van der Waals surface area (Å²) in [6, 6.07) is 20.1. The van der Waals surface area contributed by atoms with Crippen molar-refractivity contribution in [1.29, 1.82) is 0 Å². The second-order valence-corrected chi connectivity index (χ2v) is 9.58. The van der Waals surface area contributed by atoms with Crippen molar-refractivity contribution >= 4 is 22.6 Å². The van der Waals surface area contributed by atoms with E-state index in [9.17, 15) is 14.0 Å². The number of fused-ring (bicyclic) bond motifs is 1. The molecule has 36 heavy (non-hydrogen) atoms. The minimum Gasteiger partial charge on any atom is -0.379 e. The van der Waals surface area contributed by atoms with Gasteiger partial charge in [0, 0.05) is 38.3 Å². The zero-order valence-electron chi connectivity index (χ0n) is 20.4. The number of amides is 2. The van der Waals surface area contributed by atoms with Crippen molar-refractivity contribution in [2.45, 2.75) is 18.9 Å². The molecule has 2 aliphatic heterocycles. The highest BCUT2D eigenvalue weighted by molar-refractivity contribution is 6.07. The van der Waals surface area contributed by atoms with E-state index in [0.717, 1.165) is 42.3 Å². The average molecular weight is 490 g/mol. The summed E-state index contributed by atoms with van der Waals surface area (Å²) >= 11 is 0. The highest BCUT2D eigenvalue weighted by Crippen LogP contribution is 2.25. The predicted molar refractivity (Wildman–Crippen MR) is 137 cm³/mol. The Morgan fingerprint density at radius 2 is 1.72 bits per heavy atom. The number of benzene rings is 3. The number of hydrogen-bond acceptors (Lipinski definition) is 4. The predicted octanol–water partition coefficient (Wildman–Crippen LogP) is 4.02. The summed E-state index contributed by atoms with van der Waals surface area (Å²) in [5.74, 6) is -0.592. The summed E-state index contributed by atoms with van der Waals surface area (Å²) in [4.78, 5) is 30.7. The monoisotopic (exact) mass is 489 g/mol. The fourth-order valence-electron chi connectivity index (χ4n) is 5.33. The topological polar surface area (TPSA) is 61.9 Å². The Morgan fingerprint density at radius 1 is 0.972 bits per heavy atom. The van der Waals surface area contributed by atoms with Gasteiger partial charge in [0.25, 0.3) is 5.91 Å². The van der Waals surface area contributed by atoms with E-state index in [1.165, 1.54) is 12.1 Å². The smallest absolute Gasteiger partial charge is 0.254 e. The Kier molecular flexibility index (Phi) is 7.58. The van der Waals surface area contributed by atoms with Crippen LogP contribution in [0.15, 0.2) is 66.7 Å².